The van der Waals surface area contributed by atoms with E-state index in [0.717, 1.165) is 28.6 Å². The molecular formula is C27H26F3N7O2. The van der Waals surface area contributed by atoms with Crippen molar-refractivity contribution in [3.05, 3.63) is 66.1 Å². The third kappa shape index (κ3) is 6.00. The number of anilines is 2. The minimum absolute atomic E-state index is 0.0882. The maximum atomic E-state index is 13.3. The number of alkyl halides is 3. The number of hydrogen-bond donors (Lipinski definition) is 2. The number of carbonyl (C=O) groups excluding carboxylic acids is 1. The molecule has 39 heavy (non-hydrogen) atoms. The summed E-state index contributed by atoms with van der Waals surface area (Å²) in [6, 6.07) is 10.4. The van der Waals surface area contributed by atoms with E-state index in [1.165, 1.54) is 12.1 Å². The molecule has 0 atom stereocenters. The highest BCUT2D eigenvalue weighted by molar-refractivity contribution is 5.92. The van der Waals surface area contributed by atoms with E-state index in [1.807, 2.05) is 45.0 Å². The maximum Gasteiger partial charge on any atom is 0.416 e. The van der Waals surface area contributed by atoms with E-state index in [1.54, 1.807) is 11.1 Å². The second kappa shape index (κ2) is 10.0. The average Bonchev–Trinajstić information content (AvgIpc) is 3.36. The number of nitrogens with one attached hydrogen (secondary N) is 2. The highest BCUT2D eigenvalue weighted by atomic mass is 19.4. The number of carbonyl (C=O) groups is 1. The summed E-state index contributed by atoms with van der Waals surface area (Å²) in [7, 11) is 0. The van der Waals surface area contributed by atoms with Crippen LogP contribution in [-0.4, -0.2) is 54.8 Å². The first-order valence-electron chi connectivity index (χ1n) is 12.3. The predicted molar refractivity (Wildman–Crippen MR) is 140 cm³/mol. The lowest BCUT2D eigenvalue weighted by Crippen LogP contribution is -2.39. The molecule has 5 rings (SSSR count). The van der Waals surface area contributed by atoms with Crippen LogP contribution in [0.3, 0.4) is 0 Å². The molecule has 0 fully saturated rings. The van der Waals surface area contributed by atoms with Gasteiger partial charge in [0.2, 0.25) is 5.95 Å². The van der Waals surface area contributed by atoms with Crippen molar-refractivity contribution >= 4 is 34.2 Å². The van der Waals surface area contributed by atoms with Gasteiger partial charge in [0.1, 0.15) is 5.60 Å². The Bertz CT molecular complexity index is 1560. The number of aromatic amines is 1. The van der Waals surface area contributed by atoms with E-state index in [9.17, 15) is 18.0 Å². The molecule has 0 aliphatic carbocycles. The Kier molecular flexibility index (Phi) is 6.71. The molecule has 2 N–H and O–H groups in total. The number of rotatable bonds is 4. The van der Waals surface area contributed by atoms with Crippen LogP contribution in [0.25, 0.3) is 27.9 Å². The Hall–Kier alpha value is -4.48. The normalized spacial score (nSPS) is 14.3. The van der Waals surface area contributed by atoms with Gasteiger partial charge in [0, 0.05) is 29.7 Å². The number of H-pyrrole nitrogens is 1. The lowest BCUT2D eigenvalue weighted by atomic mass is 10.1. The first kappa shape index (κ1) is 26.1. The standard InChI is InChI=1S/C27H26F3N7O2/c1-26(2,3)39-25(38)37-12-10-16(11-13-37)22-33-23(19-8-5-9-21-20(19)15-31-36-21)35-24(34-22)32-18-7-4-6-17(14-18)27(28,29)30/h4-10,14-15H,11-13H2,1-3H3,(H,31,36)(H,32,33,34,35). The summed E-state index contributed by atoms with van der Waals surface area (Å²) in [5.74, 6) is 0.779. The van der Waals surface area contributed by atoms with Crippen molar-refractivity contribution < 1.29 is 22.7 Å². The third-order valence-corrected chi connectivity index (χ3v) is 5.96. The van der Waals surface area contributed by atoms with Crippen LogP contribution in [-0.2, 0) is 10.9 Å². The van der Waals surface area contributed by atoms with Gasteiger partial charge in [-0.15, -0.1) is 0 Å². The number of benzene rings is 2. The van der Waals surface area contributed by atoms with Crippen LogP contribution in [0, 0.1) is 0 Å². The van der Waals surface area contributed by atoms with Gasteiger partial charge < -0.3 is 15.0 Å². The van der Waals surface area contributed by atoms with Crippen molar-refractivity contribution in [3.63, 3.8) is 0 Å². The van der Waals surface area contributed by atoms with Crippen molar-refractivity contribution in [2.45, 2.75) is 39.0 Å². The van der Waals surface area contributed by atoms with Gasteiger partial charge in [-0.1, -0.05) is 24.3 Å². The monoisotopic (exact) mass is 537 g/mol. The molecule has 202 valence electrons. The Morgan fingerprint density at radius 3 is 2.54 bits per heavy atom. The lowest BCUT2D eigenvalue weighted by Gasteiger charge is -2.29. The van der Waals surface area contributed by atoms with E-state index < -0.39 is 23.4 Å². The van der Waals surface area contributed by atoms with Crippen molar-refractivity contribution in [1.82, 2.24) is 30.0 Å². The van der Waals surface area contributed by atoms with Crippen molar-refractivity contribution in [2.75, 3.05) is 18.4 Å². The van der Waals surface area contributed by atoms with Crippen LogP contribution in [0.4, 0.5) is 29.6 Å². The Morgan fingerprint density at radius 2 is 1.82 bits per heavy atom. The molecule has 0 saturated carbocycles. The fraction of sp³-hybridized carbons (Fsp3) is 0.296. The predicted octanol–water partition coefficient (Wildman–Crippen LogP) is 6.20. The summed E-state index contributed by atoms with van der Waals surface area (Å²) >= 11 is 0. The smallest absolute Gasteiger partial charge is 0.416 e. The second-order valence-corrected chi connectivity index (χ2v) is 10.1. The van der Waals surface area contributed by atoms with Gasteiger partial charge in [-0.2, -0.15) is 28.2 Å². The number of ether oxygens (including phenoxy) is 1. The maximum absolute atomic E-state index is 13.3. The molecule has 4 aromatic rings. The Balaban J connectivity index is 1.51. The first-order chi connectivity index (χ1) is 18.5. The van der Waals surface area contributed by atoms with Gasteiger partial charge in [-0.25, -0.2) is 9.78 Å². The van der Waals surface area contributed by atoms with Crippen LogP contribution in [0.2, 0.25) is 0 Å². The minimum Gasteiger partial charge on any atom is -0.444 e. The molecule has 12 heteroatoms. The molecule has 1 aliphatic rings. The van der Waals surface area contributed by atoms with E-state index in [0.29, 0.717) is 36.7 Å². The molecule has 0 unspecified atom stereocenters. The van der Waals surface area contributed by atoms with Crippen molar-refractivity contribution in [2.24, 2.45) is 0 Å². The van der Waals surface area contributed by atoms with Crippen LogP contribution >= 0.6 is 0 Å². The summed E-state index contributed by atoms with van der Waals surface area (Å²) < 4.78 is 45.3. The van der Waals surface area contributed by atoms with Crippen LogP contribution in [0.15, 0.2) is 54.7 Å². The third-order valence-electron chi connectivity index (χ3n) is 5.96. The molecule has 9 nitrogen and oxygen atoms in total. The molecule has 0 radical (unpaired) electrons. The number of fused-ring (bicyclic) bond motifs is 1. The largest absolute Gasteiger partial charge is 0.444 e. The summed E-state index contributed by atoms with van der Waals surface area (Å²) in [6.45, 7) is 6.13. The van der Waals surface area contributed by atoms with Gasteiger partial charge in [-0.05, 0) is 57.0 Å². The number of aromatic nitrogens is 5. The summed E-state index contributed by atoms with van der Waals surface area (Å²) in [5.41, 5.74) is 1.04. The first-order valence-corrected chi connectivity index (χ1v) is 12.3. The fourth-order valence-electron chi connectivity index (χ4n) is 4.13. The van der Waals surface area contributed by atoms with Crippen LogP contribution in [0.5, 0.6) is 0 Å². The molecular weight excluding hydrogens is 511 g/mol. The molecule has 2 aromatic carbocycles. The summed E-state index contributed by atoms with van der Waals surface area (Å²) in [5, 5.41) is 10.7. The van der Waals surface area contributed by atoms with Gasteiger partial charge in [-0.3, -0.25) is 5.10 Å². The topological polar surface area (TPSA) is 109 Å². The van der Waals surface area contributed by atoms with Crippen molar-refractivity contribution in [1.29, 1.82) is 0 Å². The van der Waals surface area contributed by atoms with Crippen LogP contribution < -0.4 is 5.32 Å². The number of amides is 1. The number of halogens is 3. The van der Waals surface area contributed by atoms with Crippen LogP contribution in [0.1, 0.15) is 38.6 Å². The second-order valence-electron chi connectivity index (χ2n) is 10.1. The zero-order valence-electron chi connectivity index (χ0n) is 21.5. The molecule has 3 heterocycles. The number of nitrogens with zero attached hydrogens (tertiary/aromatic N) is 5. The van der Waals surface area contributed by atoms with E-state index in [-0.39, 0.29) is 11.6 Å². The zero-order valence-corrected chi connectivity index (χ0v) is 21.5. The summed E-state index contributed by atoms with van der Waals surface area (Å²) in [4.78, 5) is 27.8. The molecule has 0 bridgehead atoms. The highest BCUT2D eigenvalue weighted by Gasteiger charge is 2.30. The number of hydrogen-bond acceptors (Lipinski definition) is 7. The van der Waals surface area contributed by atoms with Gasteiger partial charge in [0.25, 0.3) is 0 Å². The lowest BCUT2D eigenvalue weighted by molar-refractivity contribution is -0.137. The molecule has 2 aromatic heterocycles. The Labute approximate surface area is 222 Å². The Morgan fingerprint density at radius 1 is 1.05 bits per heavy atom. The van der Waals surface area contributed by atoms with Gasteiger partial charge >= 0.3 is 12.3 Å². The van der Waals surface area contributed by atoms with Crippen molar-refractivity contribution in [3.8, 4) is 11.4 Å². The molecule has 1 amide bonds. The highest BCUT2D eigenvalue weighted by Crippen LogP contribution is 2.32. The quantitative estimate of drug-likeness (QED) is 0.319. The average molecular weight is 538 g/mol. The minimum atomic E-state index is -4.49. The fourth-order valence-corrected chi connectivity index (χ4v) is 4.13. The van der Waals surface area contributed by atoms with E-state index in [4.69, 9.17) is 9.72 Å². The van der Waals surface area contributed by atoms with Gasteiger partial charge in [0.05, 0.1) is 17.3 Å². The van der Waals surface area contributed by atoms with E-state index >= 15 is 0 Å². The molecule has 1 aliphatic heterocycles. The zero-order chi connectivity index (χ0) is 27.8. The van der Waals surface area contributed by atoms with E-state index in [2.05, 4.69) is 25.5 Å². The molecule has 0 saturated heterocycles. The SMILES string of the molecule is CC(C)(C)OC(=O)N1CC=C(c2nc(Nc3cccc(C(F)(F)F)c3)nc(-c3cccc4[nH]ncc34)n2)CC1. The summed E-state index contributed by atoms with van der Waals surface area (Å²) in [6.07, 6.45) is -0.933. The van der Waals surface area contributed by atoms with Gasteiger partial charge in [0.15, 0.2) is 11.6 Å². The molecule has 0 spiro atoms.